The first kappa shape index (κ1) is 18.0. The highest BCUT2D eigenvalue weighted by Gasteiger charge is 2.11. The van der Waals surface area contributed by atoms with E-state index in [9.17, 15) is 0 Å². The third kappa shape index (κ3) is 2.94. The molecule has 1 N–H and O–H groups in total. The minimum absolute atomic E-state index is 0.319. The monoisotopic (exact) mass is 398 g/mol. The first-order chi connectivity index (χ1) is 15.3. The third-order valence-electron chi connectivity index (χ3n) is 6.12. The van der Waals surface area contributed by atoms with E-state index in [1.165, 1.54) is 43.4 Å². The van der Waals surface area contributed by atoms with Crippen molar-refractivity contribution in [2.24, 2.45) is 0 Å². The van der Waals surface area contributed by atoms with E-state index < -0.39 is 0 Å². The van der Waals surface area contributed by atoms with Gasteiger partial charge in [-0.1, -0.05) is 78.9 Å². The molecule has 31 heavy (non-hydrogen) atoms. The van der Waals surface area contributed by atoms with Gasteiger partial charge in [-0.2, -0.15) is 0 Å². The first-order valence-corrected chi connectivity index (χ1v) is 10.4. The zero-order valence-corrected chi connectivity index (χ0v) is 16.9. The smallest absolute Gasteiger partial charge is 0.504 e. The van der Waals surface area contributed by atoms with Crippen molar-refractivity contribution in [3.63, 3.8) is 0 Å². The quantitative estimate of drug-likeness (QED) is 0.269. The Kier molecular flexibility index (Phi) is 4.15. The van der Waals surface area contributed by atoms with Gasteiger partial charge in [0.2, 0.25) is 0 Å². The van der Waals surface area contributed by atoms with Gasteiger partial charge in [0.05, 0.1) is 0 Å². The Labute approximate surface area is 180 Å². The molecule has 0 saturated heterocycles. The summed E-state index contributed by atoms with van der Waals surface area (Å²) in [5.74, 6) is 0.672. The molecular formula is C28H19BO2. The van der Waals surface area contributed by atoms with E-state index in [0.29, 0.717) is 5.75 Å². The molecule has 0 aliphatic rings. The molecule has 6 aromatic rings. The van der Waals surface area contributed by atoms with Crippen molar-refractivity contribution in [2.45, 2.75) is 0 Å². The lowest BCUT2D eigenvalue weighted by molar-refractivity contribution is 0.454. The summed E-state index contributed by atoms with van der Waals surface area (Å²) >= 11 is 0. The van der Waals surface area contributed by atoms with Gasteiger partial charge in [0.15, 0.2) is 0 Å². The van der Waals surface area contributed by atoms with Crippen molar-refractivity contribution < 1.29 is 9.68 Å². The summed E-state index contributed by atoms with van der Waals surface area (Å²) in [6.45, 7) is 0. The number of hydrogen-bond donors (Lipinski definition) is 1. The van der Waals surface area contributed by atoms with Crippen molar-refractivity contribution in [2.75, 3.05) is 0 Å². The highest BCUT2D eigenvalue weighted by molar-refractivity contribution is 6.21. The summed E-state index contributed by atoms with van der Waals surface area (Å²) < 4.78 is 5.23. The predicted molar refractivity (Wildman–Crippen MR) is 132 cm³/mol. The Bertz CT molecular complexity index is 1600. The standard InChI is InChI=1S/C28H19BO2/c30-29-31-22-13-11-19-15-21(10-9-20(19)16-22)27-17-28-23-6-2-1-5-18(23)12-14-26(28)24-7-3-4-8-25(24)27/h1-17,29-30H. The van der Waals surface area contributed by atoms with Crippen molar-refractivity contribution in [3.8, 4) is 16.9 Å². The Balaban J connectivity index is 1.65. The van der Waals surface area contributed by atoms with E-state index in [4.69, 9.17) is 9.68 Å². The maximum Gasteiger partial charge on any atom is 0.504 e. The normalized spacial score (nSPS) is 11.4. The molecule has 6 rings (SSSR count). The number of hydrogen-bond acceptors (Lipinski definition) is 2. The van der Waals surface area contributed by atoms with E-state index in [0.717, 1.165) is 10.8 Å². The number of rotatable bonds is 3. The van der Waals surface area contributed by atoms with Crippen molar-refractivity contribution in [1.82, 2.24) is 0 Å². The number of benzene rings is 6. The van der Waals surface area contributed by atoms with Crippen LogP contribution in [0.3, 0.4) is 0 Å². The van der Waals surface area contributed by atoms with E-state index in [-0.39, 0.29) is 7.69 Å². The van der Waals surface area contributed by atoms with Crippen LogP contribution in [0.1, 0.15) is 0 Å². The van der Waals surface area contributed by atoms with Gasteiger partial charge >= 0.3 is 7.69 Å². The van der Waals surface area contributed by atoms with Crippen LogP contribution in [-0.4, -0.2) is 12.7 Å². The lowest BCUT2D eigenvalue weighted by Crippen LogP contribution is -1.99. The molecule has 0 atom stereocenters. The lowest BCUT2D eigenvalue weighted by Gasteiger charge is -2.14. The largest absolute Gasteiger partial charge is 0.539 e. The Morgan fingerprint density at radius 1 is 0.516 bits per heavy atom. The number of fused-ring (bicyclic) bond motifs is 6. The van der Waals surface area contributed by atoms with E-state index in [2.05, 4.69) is 84.9 Å². The fourth-order valence-corrected chi connectivity index (χ4v) is 4.66. The molecule has 0 radical (unpaired) electrons. The van der Waals surface area contributed by atoms with Crippen molar-refractivity contribution >= 4 is 50.8 Å². The van der Waals surface area contributed by atoms with Gasteiger partial charge < -0.3 is 9.68 Å². The average Bonchev–Trinajstić information content (AvgIpc) is 2.83. The molecule has 146 valence electrons. The van der Waals surface area contributed by atoms with Gasteiger partial charge in [0, 0.05) is 0 Å². The van der Waals surface area contributed by atoms with Crippen LogP contribution in [0.2, 0.25) is 0 Å². The second-order valence-corrected chi connectivity index (χ2v) is 7.85. The highest BCUT2D eigenvalue weighted by atomic mass is 16.5. The Morgan fingerprint density at radius 3 is 2.06 bits per heavy atom. The summed E-state index contributed by atoms with van der Waals surface area (Å²) in [7, 11) is -0.319. The summed E-state index contributed by atoms with van der Waals surface area (Å²) in [5, 5.41) is 18.9. The molecule has 0 heterocycles. The van der Waals surface area contributed by atoms with Crippen LogP contribution in [0.15, 0.2) is 103 Å². The highest BCUT2D eigenvalue weighted by Crippen LogP contribution is 2.38. The molecule has 0 unspecified atom stereocenters. The van der Waals surface area contributed by atoms with Crippen LogP contribution in [0.4, 0.5) is 0 Å². The molecule has 0 bridgehead atoms. The van der Waals surface area contributed by atoms with Gasteiger partial charge in [0.1, 0.15) is 5.75 Å². The summed E-state index contributed by atoms with van der Waals surface area (Å²) in [6, 6.07) is 36.5. The van der Waals surface area contributed by atoms with Gasteiger partial charge in [-0.3, -0.25) is 0 Å². The fourth-order valence-electron chi connectivity index (χ4n) is 4.66. The fraction of sp³-hybridized carbons (Fsp3) is 0. The minimum Gasteiger partial charge on any atom is -0.539 e. The van der Waals surface area contributed by atoms with Gasteiger partial charge in [-0.25, -0.2) is 0 Å². The van der Waals surface area contributed by atoms with Crippen LogP contribution in [-0.2, 0) is 0 Å². The van der Waals surface area contributed by atoms with Gasteiger partial charge in [0.25, 0.3) is 0 Å². The molecule has 0 aliphatic carbocycles. The van der Waals surface area contributed by atoms with Crippen molar-refractivity contribution in [1.29, 1.82) is 0 Å². The van der Waals surface area contributed by atoms with Gasteiger partial charge in [-0.05, 0) is 78.5 Å². The van der Waals surface area contributed by atoms with Gasteiger partial charge in [-0.15, -0.1) is 0 Å². The zero-order valence-electron chi connectivity index (χ0n) is 16.9. The van der Waals surface area contributed by atoms with Crippen LogP contribution < -0.4 is 4.65 Å². The SMILES string of the molecule is OBOc1ccc2cc(-c3cc4c5ccccc5ccc4c4ccccc34)ccc2c1. The zero-order chi connectivity index (χ0) is 20.8. The maximum atomic E-state index is 9.02. The third-order valence-corrected chi connectivity index (χ3v) is 6.12. The van der Waals surface area contributed by atoms with E-state index in [1.54, 1.807) is 0 Å². The Hall–Kier alpha value is -3.82. The molecule has 0 aromatic heterocycles. The molecule has 0 aliphatic heterocycles. The van der Waals surface area contributed by atoms with Crippen LogP contribution >= 0.6 is 0 Å². The summed E-state index contributed by atoms with van der Waals surface area (Å²) in [5.41, 5.74) is 2.42. The summed E-state index contributed by atoms with van der Waals surface area (Å²) in [4.78, 5) is 0. The van der Waals surface area contributed by atoms with Crippen molar-refractivity contribution in [3.05, 3.63) is 103 Å². The minimum atomic E-state index is -0.319. The molecule has 0 spiro atoms. The topological polar surface area (TPSA) is 29.5 Å². The molecule has 0 fully saturated rings. The second kappa shape index (κ2) is 7.15. The second-order valence-electron chi connectivity index (χ2n) is 7.85. The van der Waals surface area contributed by atoms with E-state index in [1.807, 2.05) is 18.2 Å². The lowest BCUT2D eigenvalue weighted by atomic mass is 9.90. The molecule has 2 nitrogen and oxygen atoms in total. The molecule has 3 heteroatoms. The first-order valence-electron chi connectivity index (χ1n) is 10.4. The molecule has 0 amide bonds. The molecule has 6 aromatic carbocycles. The maximum absolute atomic E-state index is 9.02. The Morgan fingerprint density at radius 2 is 1.19 bits per heavy atom. The van der Waals surface area contributed by atoms with Crippen LogP contribution in [0, 0.1) is 0 Å². The van der Waals surface area contributed by atoms with Crippen LogP contribution in [0.5, 0.6) is 5.75 Å². The summed E-state index contributed by atoms with van der Waals surface area (Å²) in [6.07, 6.45) is 0. The van der Waals surface area contributed by atoms with Crippen LogP contribution in [0.25, 0.3) is 54.2 Å². The van der Waals surface area contributed by atoms with E-state index >= 15 is 0 Å². The predicted octanol–water partition coefficient (Wildman–Crippen LogP) is 6.60. The molecular weight excluding hydrogens is 379 g/mol. The molecule has 0 saturated carbocycles. The average molecular weight is 398 g/mol.